The summed E-state index contributed by atoms with van der Waals surface area (Å²) < 4.78 is 19.0. The molecule has 0 radical (unpaired) electrons. The van der Waals surface area contributed by atoms with E-state index in [1.54, 1.807) is 19.1 Å². The molecule has 0 aliphatic heterocycles. The van der Waals surface area contributed by atoms with Crippen LogP contribution < -0.4 is 5.32 Å². The van der Waals surface area contributed by atoms with Gasteiger partial charge in [0, 0.05) is 5.56 Å². The van der Waals surface area contributed by atoms with Gasteiger partial charge >= 0.3 is 0 Å². The highest BCUT2D eigenvalue weighted by Gasteiger charge is 2.14. The van der Waals surface area contributed by atoms with Crippen molar-refractivity contribution in [3.8, 4) is 11.5 Å². The minimum absolute atomic E-state index is 0.00783. The minimum Gasteiger partial charge on any atom is -0.419 e. The lowest BCUT2D eigenvalue weighted by Crippen LogP contribution is -2.17. The third-order valence-electron chi connectivity index (χ3n) is 2.74. The third kappa shape index (κ3) is 2.56. The first-order valence-electron chi connectivity index (χ1n) is 5.95. The van der Waals surface area contributed by atoms with Gasteiger partial charge in [-0.2, -0.15) is 0 Å². The number of nitrogens with zero attached hydrogens (tertiary/aromatic N) is 2. The van der Waals surface area contributed by atoms with E-state index in [9.17, 15) is 4.39 Å². The van der Waals surface area contributed by atoms with E-state index in [2.05, 4.69) is 15.5 Å². The summed E-state index contributed by atoms with van der Waals surface area (Å²) in [6.45, 7) is 6.48. The fraction of sp³-hybridized carbons (Fsp3) is 0.385. The maximum absolute atomic E-state index is 13.4. The van der Waals surface area contributed by atoms with Crippen LogP contribution in [0.25, 0.3) is 11.5 Å². The first-order chi connectivity index (χ1) is 8.61. The molecule has 18 heavy (non-hydrogen) atoms. The number of hydrogen-bond donors (Lipinski definition) is 1. The second-order valence-corrected chi connectivity index (χ2v) is 4.19. The van der Waals surface area contributed by atoms with E-state index in [-0.39, 0.29) is 11.9 Å². The molecule has 0 amide bonds. The van der Waals surface area contributed by atoms with Crippen molar-refractivity contribution >= 4 is 0 Å². The summed E-state index contributed by atoms with van der Waals surface area (Å²) in [6.07, 6.45) is 0. The lowest BCUT2D eigenvalue weighted by atomic mass is 10.1. The molecule has 0 saturated heterocycles. The van der Waals surface area contributed by atoms with E-state index in [0.717, 1.165) is 6.54 Å². The largest absolute Gasteiger partial charge is 0.419 e. The lowest BCUT2D eigenvalue weighted by molar-refractivity contribution is 0.428. The van der Waals surface area contributed by atoms with Crippen molar-refractivity contribution in [1.29, 1.82) is 0 Å². The molecular weight excluding hydrogens is 233 g/mol. The van der Waals surface area contributed by atoms with Crippen LogP contribution in [0, 0.1) is 12.7 Å². The van der Waals surface area contributed by atoms with Crippen LogP contribution in [0.5, 0.6) is 0 Å². The summed E-state index contributed by atoms with van der Waals surface area (Å²) in [5.41, 5.74) is 1.19. The summed E-state index contributed by atoms with van der Waals surface area (Å²) in [6, 6.07) is 4.87. The SMILES string of the molecule is CCNC(C)c1nnc(-c2ccc(C)c(F)c2)o1. The molecule has 1 atom stereocenters. The quantitative estimate of drug-likeness (QED) is 0.905. The Morgan fingerprint density at radius 3 is 2.83 bits per heavy atom. The average Bonchev–Trinajstić information content (AvgIpc) is 2.82. The van der Waals surface area contributed by atoms with Crippen molar-refractivity contribution in [3.05, 3.63) is 35.5 Å². The Kier molecular flexibility index (Phi) is 3.72. The van der Waals surface area contributed by atoms with Gasteiger partial charge < -0.3 is 9.73 Å². The fourth-order valence-electron chi connectivity index (χ4n) is 1.65. The van der Waals surface area contributed by atoms with Gasteiger partial charge in [-0.15, -0.1) is 10.2 Å². The third-order valence-corrected chi connectivity index (χ3v) is 2.74. The standard InChI is InChI=1S/C13H16FN3O/c1-4-15-9(3)12-16-17-13(18-12)10-6-5-8(2)11(14)7-10/h5-7,9,15H,4H2,1-3H3. The van der Waals surface area contributed by atoms with E-state index in [1.807, 2.05) is 13.8 Å². The van der Waals surface area contributed by atoms with Gasteiger partial charge in [-0.3, -0.25) is 0 Å². The number of aromatic nitrogens is 2. The van der Waals surface area contributed by atoms with Gasteiger partial charge in [0.1, 0.15) is 5.82 Å². The Balaban J connectivity index is 2.26. The van der Waals surface area contributed by atoms with E-state index >= 15 is 0 Å². The maximum atomic E-state index is 13.4. The van der Waals surface area contributed by atoms with Crippen molar-refractivity contribution in [3.63, 3.8) is 0 Å². The molecule has 0 spiro atoms. The Labute approximate surface area is 105 Å². The minimum atomic E-state index is -0.271. The van der Waals surface area contributed by atoms with Gasteiger partial charge in [-0.1, -0.05) is 13.0 Å². The molecule has 1 aromatic heterocycles. The van der Waals surface area contributed by atoms with Crippen LogP contribution in [-0.2, 0) is 0 Å². The zero-order chi connectivity index (χ0) is 13.1. The van der Waals surface area contributed by atoms with Crippen molar-refractivity contribution in [2.45, 2.75) is 26.8 Å². The molecule has 1 heterocycles. The van der Waals surface area contributed by atoms with Crippen LogP contribution in [0.15, 0.2) is 22.6 Å². The molecule has 2 aromatic rings. The molecule has 0 aliphatic carbocycles. The van der Waals surface area contributed by atoms with Crippen LogP contribution in [0.3, 0.4) is 0 Å². The molecule has 1 aromatic carbocycles. The first-order valence-corrected chi connectivity index (χ1v) is 5.95. The van der Waals surface area contributed by atoms with Crippen LogP contribution in [-0.4, -0.2) is 16.7 Å². The molecule has 1 N–H and O–H groups in total. The van der Waals surface area contributed by atoms with Crippen LogP contribution in [0.4, 0.5) is 4.39 Å². The molecule has 1 unspecified atom stereocenters. The molecule has 0 saturated carbocycles. The number of nitrogens with one attached hydrogen (secondary N) is 1. The second-order valence-electron chi connectivity index (χ2n) is 4.19. The monoisotopic (exact) mass is 249 g/mol. The fourth-order valence-corrected chi connectivity index (χ4v) is 1.65. The summed E-state index contributed by atoms with van der Waals surface area (Å²) >= 11 is 0. The maximum Gasteiger partial charge on any atom is 0.247 e. The van der Waals surface area contributed by atoms with Crippen LogP contribution in [0.2, 0.25) is 0 Å². The number of halogens is 1. The van der Waals surface area contributed by atoms with E-state index in [1.165, 1.54) is 6.07 Å². The Morgan fingerprint density at radius 2 is 2.17 bits per heavy atom. The smallest absolute Gasteiger partial charge is 0.247 e. The van der Waals surface area contributed by atoms with Crippen molar-refractivity contribution in [1.82, 2.24) is 15.5 Å². The number of rotatable bonds is 4. The molecule has 2 rings (SSSR count). The first kappa shape index (κ1) is 12.7. The number of benzene rings is 1. The normalized spacial score (nSPS) is 12.7. The lowest BCUT2D eigenvalue weighted by Gasteiger charge is -2.05. The molecule has 0 aliphatic rings. The Morgan fingerprint density at radius 1 is 1.39 bits per heavy atom. The summed E-state index contributed by atoms with van der Waals surface area (Å²) in [4.78, 5) is 0. The van der Waals surface area contributed by atoms with E-state index in [4.69, 9.17) is 4.42 Å². The highest BCUT2D eigenvalue weighted by atomic mass is 19.1. The molecule has 4 nitrogen and oxygen atoms in total. The summed E-state index contributed by atoms with van der Waals surface area (Å²) in [5, 5.41) is 11.1. The topological polar surface area (TPSA) is 51.0 Å². The zero-order valence-electron chi connectivity index (χ0n) is 10.7. The van der Waals surface area contributed by atoms with Crippen molar-refractivity contribution in [2.24, 2.45) is 0 Å². The van der Waals surface area contributed by atoms with Crippen LogP contribution >= 0.6 is 0 Å². The van der Waals surface area contributed by atoms with Gasteiger partial charge in [0.2, 0.25) is 11.8 Å². The van der Waals surface area contributed by atoms with E-state index in [0.29, 0.717) is 22.9 Å². The Hall–Kier alpha value is -1.75. The molecule has 96 valence electrons. The predicted molar refractivity (Wildman–Crippen MR) is 66.5 cm³/mol. The number of aryl methyl sites for hydroxylation is 1. The molecule has 0 fully saturated rings. The van der Waals surface area contributed by atoms with Gasteiger partial charge in [0.25, 0.3) is 0 Å². The van der Waals surface area contributed by atoms with Gasteiger partial charge in [-0.25, -0.2) is 4.39 Å². The van der Waals surface area contributed by atoms with Crippen LogP contribution in [0.1, 0.15) is 31.3 Å². The Bertz CT molecular complexity index is 539. The second kappa shape index (κ2) is 5.27. The zero-order valence-corrected chi connectivity index (χ0v) is 10.7. The van der Waals surface area contributed by atoms with E-state index < -0.39 is 0 Å². The van der Waals surface area contributed by atoms with Crippen molar-refractivity contribution < 1.29 is 8.81 Å². The number of hydrogen-bond acceptors (Lipinski definition) is 4. The predicted octanol–water partition coefficient (Wildman–Crippen LogP) is 2.85. The highest BCUT2D eigenvalue weighted by Crippen LogP contribution is 2.22. The van der Waals surface area contributed by atoms with Gasteiger partial charge in [0.15, 0.2) is 0 Å². The molecule has 5 heteroatoms. The van der Waals surface area contributed by atoms with Gasteiger partial charge in [-0.05, 0) is 38.1 Å². The summed E-state index contributed by atoms with van der Waals surface area (Å²) in [5.74, 6) is 0.577. The highest BCUT2D eigenvalue weighted by molar-refractivity contribution is 5.53. The molecular formula is C13H16FN3O. The molecule has 0 bridgehead atoms. The van der Waals surface area contributed by atoms with Gasteiger partial charge in [0.05, 0.1) is 6.04 Å². The summed E-state index contributed by atoms with van der Waals surface area (Å²) in [7, 11) is 0. The van der Waals surface area contributed by atoms with Crippen molar-refractivity contribution in [2.75, 3.05) is 6.54 Å². The average molecular weight is 249 g/mol.